The van der Waals surface area contributed by atoms with Gasteiger partial charge in [-0.15, -0.1) is 0 Å². The molecule has 0 saturated carbocycles. The molecule has 4 rings (SSSR count). The minimum Gasteiger partial charge on any atom is -0.440 e. The van der Waals surface area contributed by atoms with Crippen molar-refractivity contribution < 1.29 is 9.21 Å². The number of halogens is 1. The van der Waals surface area contributed by atoms with Crippen molar-refractivity contribution in [1.82, 2.24) is 9.88 Å². The van der Waals surface area contributed by atoms with E-state index in [4.69, 9.17) is 16.0 Å². The molecule has 0 N–H and O–H groups in total. The molecule has 3 aromatic rings. The second-order valence-corrected chi connectivity index (χ2v) is 7.36. The van der Waals surface area contributed by atoms with E-state index in [1.807, 2.05) is 54.3 Å². The Balaban J connectivity index is 1.40. The summed E-state index contributed by atoms with van der Waals surface area (Å²) in [6.07, 6.45) is 2.22. The van der Waals surface area contributed by atoms with Crippen LogP contribution in [-0.4, -0.2) is 28.9 Å². The summed E-state index contributed by atoms with van der Waals surface area (Å²) in [4.78, 5) is 19.2. The minimum absolute atomic E-state index is 0.196. The number of carbonyl (C=O) groups excluding carboxylic acids is 1. The van der Waals surface area contributed by atoms with Crippen LogP contribution in [0.25, 0.3) is 11.1 Å². The molecule has 2 heterocycles. The van der Waals surface area contributed by atoms with Gasteiger partial charge in [-0.05, 0) is 49.1 Å². The molecular weight excluding hydrogens is 348 g/mol. The molecule has 1 aliphatic rings. The summed E-state index contributed by atoms with van der Waals surface area (Å²) in [7, 11) is 0. The number of likely N-dealkylation sites (tertiary alicyclic amines) is 1. The van der Waals surface area contributed by atoms with E-state index >= 15 is 0 Å². The van der Waals surface area contributed by atoms with E-state index in [1.165, 1.54) is 5.56 Å². The van der Waals surface area contributed by atoms with Crippen LogP contribution in [0.5, 0.6) is 0 Å². The van der Waals surface area contributed by atoms with Gasteiger partial charge in [0.2, 0.25) is 5.91 Å². The first-order chi connectivity index (χ1) is 12.6. The molecule has 1 fully saturated rings. The van der Waals surface area contributed by atoms with Gasteiger partial charge in [0.15, 0.2) is 11.5 Å². The number of aromatic nitrogens is 1. The zero-order valence-corrected chi connectivity index (χ0v) is 15.5. The first-order valence-corrected chi connectivity index (χ1v) is 9.36. The summed E-state index contributed by atoms with van der Waals surface area (Å²) in [5.41, 5.74) is 3.84. The zero-order valence-electron chi connectivity index (χ0n) is 14.7. The fraction of sp³-hybridized carbons (Fsp3) is 0.333. The predicted molar refractivity (Wildman–Crippen MR) is 102 cm³/mol. The fourth-order valence-electron chi connectivity index (χ4n) is 3.55. The average Bonchev–Trinajstić information content (AvgIpc) is 3.07. The lowest BCUT2D eigenvalue weighted by molar-refractivity contribution is -0.131. The second-order valence-electron chi connectivity index (χ2n) is 6.92. The summed E-state index contributed by atoms with van der Waals surface area (Å²) in [6.45, 7) is 3.54. The largest absolute Gasteiger partial charge is 0.440 e. The predicted octanol–water partition coefficient (Wildman–Crippen LogP) is 4.74. The third-order valence-corrected chi connectivity index (χ3v) is 5.40. The molecule has 0 aliphatic carbocycles. The first kappa shape index (κ1) is 17.1. The molecule has 0 atom stereocenters. The Bertz CT molecular complexity index is 942. The Labute approximate surface area is 157 Å². The normalized spacial score (nSPS) is 15.5. The smallest absolute Gasteiger partial charge is 0.226 e. The van der Waals surface area contributed by atoms with Crippen LogP contribution < -0.4 is 0 Å². The Hall–Kier alpha value is -2.33. The number of fused-ring (bicyclic) bond motifs is 1. The van der Waals surface area contributed by atoms with E-state index < -0.39 is 0 Å². The molecular formula is C21H21ClN2O2. The third kappa shape index (κ3) is 3.47. The number of oxazole rings is 1. The van der Waals surface area contributed by atoms with Gasteiger partial charge in [0.1, 0.15) is 5.52 Å². The third-order valence-electron chi connectivity index (χ3n) is 5.17. The average molecular weight is 369 g/mol. The van der Waals surface area contributed by atoms with Crippen LogP contribution in [0.3, 0.4) is 0 Å². The molecule has 5 heteroatoms. The Morgan fingerprint density at radius 3 is 2.77 bits per heavy atom. The van der Waals surface area contributed by atoms with E-state index in [9.17, 15) is 4.79 Å². The van der Waals surface area contributed by atoms with Crippen molar-refractivity contribution >= 4 is 28.6 Å². The lowest BCUT2D eigenvalue weighted by Crippen LogP contribution is -2.38. The molecule has 4 nitrogen and oxygen atoms in total. The monoisotopic (exact) mass is 368 g/mol. The van der Waals surface area contributed by atoms with Gasteiger partial charge in [0.25, 0.3) is 0 Å². The molecule has 1 aliphatic heterocycles. The van der Waals surface area contributed by atoms with Crippen LogP contribution >= 0.6 is 11.6 Å². The number of amides is 1. The molecule has 1 amide bonds. The number of nitrogens with zero attached hydrogens (tertiary/aromatic N) is 2. The summed E-state index contributed by atoms with van der Waals surface area (Å²) in [5.74, 6) is 1.21. The van der Waals surface area contributed by atoms with Gasteiger partial charge >= 0.3 is 0 Å². The van der Waals surface area contributed by atoms with Crippen LogP contribution in [0.4, 0.5) is 0 Å². The number of piperidine rings is 1. The van der Waals surface area contributed by atoms with E-state index in [0.717, 1.165) is 48.5 Å². The molecule has 0 spiro atoms. The van der Waals surface area contributed by atoms with Crippen LogP contribution in [-0.2, 0) is 11.2 Å². The molecule has 2 aromatic carbocycles. The number of aryl methyl sites for hydroxylation is 1. The van der Waals surface area contributed by atoms with E-state index in [-0.39, 0.29) is 11.8 Å². The van der Waals surface area contributed by atoms with Gasteiger partial charge < -0.3 is 9.32 Å². The van der Waals surface area contributed by atoms with Crippen molar-refractivity contribution in [1.29, 1.82) is 0 Å². The zero-order chi connectivity index (χ0) is 18.1. The van der Waals surface area contributed by atoms with E-state index in [2.05, 4.69) is 4.98 Å². The van der Waals surface area contributed by atoms with E-state index in [1.54, 1.807) is 0 Å². The Morgan fingerprint density at radius 1 is 1.23 bits per heavy atom. The van der Waals surface area contributed by atoms with Gasteiger partial charge in [-0.3, -0.25) is 4.79 Å². The number of rotatable bonds is 3. The van der Waals surface area contributed by atoms with Crippen LogP contribution in [0.2, 0.25) is 5.02 Å². The highest BCUT2D eigenvalue weighted by Gasteiger charge is 2.27. The SMILES string of the molecule is Cc1ccccc1CC(=O)N1CCC(c2nc3cc(Cl)ccc3o2)CC1. The molecule has 1 aromatic heterocycles. The van der Waals surface area contributed by atoms with Crippen LogP contribution in [0.1, 0.15) is 35.8 Å². The van der Waals surface area contributed by atoms with Crippen molar-refractivity contribution in [2.24, 2.45) is 0 Å². The quantitative estimate of drug-likeness (QED) is 0.670. The van der Waals surface area contributed by atoms with Crippen molar-refractivity contribution in [2.45, 2.75) is 32.1 Å². The summed E-state index contributed by atoms with van der Waals surface area (Å²) in [5, 5.41) is 0.661. The number of hydrogen-bond donors (Lipinski definition) is 0. The van der Waals surface area contributed by atoms with Crippen LogP contribution in [0.15, 0.2) is 46.9 Å². The fourth-order valence-corrected chi connectivity index (χ4v) is 3.72. The topological polar surface area (TPSA) is 46.3 Å². The van der Waals surface area contributed by atoms with Gasteiger partial charge in [-0.2, -0.15) is 0 Å². The number of carbonyl (C=O) groups is 1. The maximum Gasteiger partial charge on any atom is 0.226 e. The lowest BCUT2D eigenvalue weighted by Gasteiger charge is -2.30. The maximum atomic E-state index is 12.6. The minimum atomic E-state index is 0.196. The molecule has 134 valence electrons. The highest BCUT2D eigenvalue weighted by Crippen LogP contribution is 2.31. The Kier molecular flexibility index (Phi) is 4.68. The van der Waals surface area contributed by atoms with Crippen molar-refractivity contribution in [3.05, 3.63) is 64.5 Å². The molecule has 26 heavy (non-hydrogen) atoms. The Morgan fingerprint density at radius 2 is 2.00 bits per heavy atom. The molecule has 0 unspecified atom stereocenters. The maximum absolute atomic E-state index is 12.6. The van der Waals surface area contributed by atoms with E-state index in [0.29, 0.717) is 11.4 Å². The van der Waals surface area contributed by atoms with Gasteiger partial charge in [0, 0.05) is 24.0 Å². The number of benzene rings is 2. The van der Waals surface area contributed by atoms with Gasteiger partial charge in [-0.1, -0.05) is 35.9 Å². The summed E-state index contributed by atoms with van der Waals surface area (Å²) < 4.78 is 5.90. The molecule has 0 radical (unpaired) electrons. The standard InChI is InChI=1S/C21H21ClN2O2/c1-14-4-2-3-5-16(14)12-20(25)24-10-8-15(9-11-24)21-23-18-13-17(22)6-7-19(18)26-21/h2-7,13,15H,8-12H2,1H3. The number of hydrogen-bond acceptors (Lipinski definition) is 3. The highest BCUT2D eigenvalue weighted by atomic mass is 35.5. The second kappa shape index (κ2) is 7.12. The first-order valence-electron chi connectivity index (χ1n) is 8.98. The lowest BCUT2D eigenvalue weighted by atomic mass is 9.96. The van der Waals surface area contributed by atoms with Crippen molar-refractivity contribution in [3.63, 3.8) is 0 Å². The van der Waals surface area contributed by atoms with Crippen LogP contribution in [0, 0.1) is 6.92 Å². The van der Waals surface area contributed by atoms with Crippen molar-refractivity contribution in [2.75, 3.05) is 13.1 Å². The highest BCUT2D eigenvalue weighted by molar-refractivity contribution is 6.31. The van der Waals surface area contributed by atoms with Gasteiger partial charge in [-0.25, -0.2) is 4.98 Å². The summed E-state index contributed by atoms with van der Waals surface area (Å²) >= 11 is 6.02. The summed E-state index contributed by atoms with van der Waals surface area (Å²) in [6, 6.07) is 13.6. The van der Waals surface area contributed by atoms with Gasteiger partial charge in [0.05, 0.1) is 6.42 Å². The van der Waals surface area contributed by atoms with Crippen molar-refractivity contribution in [3.8, 4) is 0 Å². The molecule has 0 bridgehead atoms. The molecule has 1 saturated heterocycles.